The van der Waals surface area contributed by atoms with Gasteiger partial charge in [-0.15, -0.1) is 0 Å². The van der Waals surface area contributed by atoms with E-state index >= 15 is 0 Å². The van der Waals surface area contributed by atoms with Crippen LogP contribution < -0.4 is 10.9 Å². The van der Waals surface area contributed by atoms with Crippen LogP contribution in [0.5, 0.6) is 0 Å². The van der Waals surface area contributed by atoms with Gasteiger partial charge in [0.25, 0.3) is 0 Å². The SMILES string of the molecule is CN(CCO)C[C@@H]1CN(C(=O)C2CNNC2c2cccc(F)c2)C[C@@H]1CO. The molecule has 150 valence electrons. The van der Waals surface area contributed by atoms with Crippen LogP contribution in [-0.4, -0.2) is 78.9 Å². The fourth-order valence-corrected chi connectivity index (χ4v) is 4.17. The van der Waals surface area contributed by atoms with E-state index in [-0.39, 0.29) is 48.7 Å². The molecule has 2 heterocycles. The van der Waals surface area contributed by atoms with Gasteiger partial charge in [-0.05, 0) is 30.7 Å². The van der Waals surface area contributed by atoms with Crippen LogP contribution in [-0.2, 0) is 4.79 Å². The van der Waals surface area contributed by atoms with E-state index in [0.717, 1.165) is 12.1 Å². The number of halogens is 1. The molecule has 1 aromatic carbocycles. The van der Waals surface area contributed by atoms with Crippen molar-refractivity contribution in [3.63, 3.8) is 0 Å². The fourth-order valence-electron chi connectivity index (χ4n) is 4.17. The molecule has 7 nitrogen and oxygen atoms in total. The molecule has 0 aromatic heterocycles. The third-order valence-corrected chi connectivity index (χ3v) is 5.66. The van der Waals surface area contributed by atoms with Crippen LogP contribution in [0.25, 0.3) is 0 Å². The van der Waals surface area contributed by atoms with E-state index in [4.69, 9.17) is 5.11 Å². The summed E-state index contributed by atoms with van der Waals surface area (Å²) in [6, 6.07) is 6.04. The number of carbonyl (C=O) groups is 1. The van der Waals surface area contributed by atoms with Gasteiger partial charge in [-0.2, -0.15) is 0 Å². The quantitative estimate of drug-likeness (QED) is 0.514. The molecule has 0 aliphatic carbocycles. The number of aliphatic hydroxyl groups excluding tert-OH is 2. The van der Waals surface area contributed by atoms with Crippen molar-refractivity contribution in [2.75, 3.05) is 53.0 Å². The highest BCUT2D eigenvalue weighted by molar-refractivity contribution is 5.80. The highest BCUT2D eigenvalue weighted by atomic mass is 19.1. The first-order chi connectivity index (χ1) is 13.0. The molecule has 0 bridgehead atoms. The molecule has 2 aliphatic heterocycles. The van der Waals surface area contributed by atoms with Gasteiger partial charge in [-0.3, -0.25) is 10.2 Å². The second-order valence-corrected chi connectivity index (χ2v) is 7.60. The lowest BCUT2D eigenvalue weighted by Crippen LogP contribution is -2.38. The number of hydrogen-bond donors (Lipinski definition) is 4. The summed E-state index contributed by atoms with van der Waals surface area (Å²) in [7, 11) is 1.93. The van der Waals surface area contributed by atoms with Gasteiger partial charge >= 0.3 is 0 Å². The first-order valence-electron chi connectivity index (χ1n) is 9.46. The summed E-state index contributed by atoms with van der Waals surface area (Å²) >= 11 is 0. The average molecular weight is 380 g/mol. The summed E-state index contributed by atoms with van der Waals surface area (Å²) in [4.78, 5) is 17.0. The van der Waals surface area contributed by atoms with Crippen LogP contribution in [0.1, 0.15) is 11.6 Å². The fraction of sp³-hybridized carbons (Fsp3) is 0.632. The Kier molecular flexibility index (Phi) is 6.78. The number of likely N-dealkylation sites (N-methyl/N-ethyl adjacent to an activating group) is 1. The number of rotatable bonds is 7. The van der Waals surface area contributed by atoms with Crippen LogP contribution in [0.3, 0.4) is 0 Å². The molecule has 2 saturated heterocycles. The number of nitrogens with one attached hydrogen (secondary N) is 2. The predicted molar refractivity (Wildman–Crippen MR) is 99.0 cm³/mol. The van der Waals surface area contributed by atoms with E-state index in [1.165, 1.54) is 12.1 Å². The molecular formula is C19H29FN4O3. The molecule has 3 rings (SSSR count). The van der Waals surface area contributed by atoms with E-state index in [1.54, 1.807) is 6.07 Å². The molecule has 0 radical (unpaired) electrons. The number of carbonyl (C=O) groups excluding carboxylic acids is 1. The van der Waals surface area contributed by atoms with Crippen molar-refractivity contribution >= 4 is 5.91 Å². The van der Waals surface area contributed by atoms with E-state index in [2.05, 4.69) is 10.9 Å². The monoisotopic (exact) mass is 380 g/mol. The Morgan fingerprint density at radius 2 is 2.11 bits per heavy atom. The largest absolute Gasteiger partial charge is 0.396 e. The highest BCUT2D eigenvalue weighted by Crippen LogP contribution is 2.31. The Balaban J connectivity index is 1.67. The van der Waals surface area contributed by atoms with E-state index in [1.807, 2.05) is 22.9 Å². The van der Waals surface area contributed by atoms with Crippen molar-refractivity contribution in [3.05, 3.63) is 35.6 Å². The maximum atomic E-state index is 13.6. The minimum atomic E-state index is -0.319. The third-order valence-electron chi connectivity index (χ3n) is 5.66. The van der Waals surface area contributed by atoms with Crippen molar-refractivity contribution in [1.29, 1.82) is 0 Å². The maximum Gasteiger partial charge on any atom is 0.229 e. The molecule has 1 aromatic rings. The molecule has 8 heteroatoms. The molecule has 0 spiro atoms. The molecule has 4 N–H and O–H groups in total. The first-order valence-corrected chi connectivity index (χ1v) is 9.46. The second kappa shape index (κ2) is 9.07. The van der Waals surface area contributed by atoms with Gasteiger partial charge in [-0.25, -0.2) is 9.82 Å². The number of benzene rings is 1. The van der Waals surface area contributed by atoms with Gasteiger partial charge in [0.15, 0.2) is 0 Å². The molecule has 4 atom stereocenters. The Labute approximate surface area is 159 Å². The van der Waals surface area contributed by atoms with Crippen LogP contribution in [0.15, 0.2) is 24.3 Å². The Morgan fingerprint density at radius 3 is 2.81 bits per heavy atom. The van der Waals surface area contributed by atoms with Gasteiger partial charge in [0, 0.05) is 45.2 Å². The van der Waals surface area contributed by atoms with Crippen molar-refractivity contribution in [1.82, 2.24) is 20.7 Å². The topological polar surface area (TPSA) is 88.1 Å². The first kappa shape index (κ1) is 20.2. The molecule has 2 unspecified atom stereocenters. The normalized spacial score (nSPS) is 28.3. The molecule has 2 aliphatic rings. The zero-order valence-corrected chi connectivity index (χ0v) is 15.6. The minimum Gasteiger partial charge on any atom is -0.396 e. The number of nitrogens with zero attached hydrogens (tertiary/aromatic N) is 2. The number of aliphatic hydroxyl groups is 2. The van der Waals surface area contributed by atoms with Gasteiger partial charge in [0.2, 0.25) is 5.91 Å². The van der Waals surface area contributed by atoms with E-state index < -0.39 is 0 Å². The average Bonchev–Trinajstić information content (AvgIpc) is 3.28. The highest BCUT2D eigenvalue weighted by Gasteiger charge is 2.41. The van der Waals surface area contributed by atoms with Crippen LogP contribution in [0, 0.1) is 23.6 Å². The minimum absolute atomic E-state index is 0.0209. The number of likely N-dealkylation sites (tertiary alicyclic amines) is 1. The molecular weight excluding hydrogens is 351 g/mol. The lowest BCUT2D eigenvalue weighted by molar-refractivity contribution is -0.134. The van der Waals surface area contributed by atoms with Gasteiger partial charge in [0.1, 0.15) is 5.82 Å². The molecule has 0 saturated carbocycles. The lowest BCUT2D eigenvalue weighted by atomic mass is 9.93. The van der Waals surface area contributed by atoms with Crippen molar-refractivity contribution < 1.29 is 19.4 Å². The summed E-state index contributed by atoms with van der Waals surface area (Å²) in [5.74, 6) is -0.413. The Morgan fingerprint density at radius 1 is 1.33 bits per heavy atom. The number of amides is 1. The van der Waals surface area contributed by atoms with Gasteiger partial charge in [-0.1, -0.05) is 12.1 Å². The van der Waals surface area contributed by atoms with Gasteiger partial charge in [0.05, 0.1) is 18.6 Å². The summed E-state index contributed by atoms with van der Waals surface area (Å²) in [6.45, 7) is 3.02. The maximum absolute atomic E-state index is 13.6. The zero-order chi connectivity index (χ0) is 19.4. The summed E-state index contributed by atoms with van der Waals surface area (Å²) in [6.07, 6.45) is 0. The Bertz CT molecular complexity index is 647. The summed E-state index contributed by atoms with van der Waals surface area (Å²) < 4.78 is 13.6. The second-order valence-electron chi connectivity index (χ2n) is 7.60. The number of hydrogen-bond acceptors (Lipinski definition) is 6. The van der Waals surface area contributed by atoms with Crippen LogP contribution in [0.4, 0.5) is 4.39 Å². The third kappa shape index (κ3) is 4.64. The van der Waals surface area contributed by atoms with Crippen LogP contribution >= 0.6 is 0 Å². The van der Waals surface area contributed by atoms with Crippen molar-refractivity contribution in [2.24, 2.45) is 17.8 Å². The number of hydrazine groups is 1. The van der Waals surface area contributed by atoms with E-state index in [9.17, 15) is 14.3 Å². The summed E-state index contributed by atoms with van der Waals surface area (Å²) in [5.41, 5.74) is 6.86. The predicted octanol–water partition coefficient (Wildman–Crippen LogP) is -0.418. The van der Waals surface area contributed by atoms with Gasteiger partial charge < -0.3 is 20.0 Å². The summed E-state index contributed by atoms with van der Waals surface area (Å²) in [5, 5.41) is 18.8. The zero-order valence-electron chi connectivity index (χ0n) is 15.6. The molecule has 1 amide bonds. The van der Waals surface area contributed by atoms with Crippen molar-refractivity contribution in [2.45, 2.75) is 6.04 Å². The standard InChI is InChI=1S/C19H29FN4O3/c1-23(5-6-25)9-14-10-24(11-15(14)12-26)19(27)17-8-21-22-18(17)13-3-2-4-16(20)7-13/h2-4,7,14-15,17-18,21-22,25-26H,5-6,8-12H2,1H3/t14-,15-,17?,18?/m1/s1. The van der Waals surface area contributed by atoms with Crippen molar-refractivity contribution in [3.8, 4) is 0 Å². The molecule has 2 fully saturated rings. The molecule has 27 heavy (non-hydrogen) atoms. The van der Waals surface area contributed by atoms with E-state index in [0.29, 0.717) is 26.2 Å². The lowest BCUT2D eigenvalue weighted by Gasteiger charge is -2.25. The van der Waals surface area contributed by atoms with Crippen LogP contribution in [0.2, 0.25) is 0 Å². The smallest absolute Gasteiger partial charge is 0.229 e. The Hall–Kier alpha value is -1.58.